The van der Waals surface area contributed by atoms with Crippen molar-refractivity contribution in [2.45, 2.75) is 72.0 Å². The zero-order valence-electron chi connectivity index (χ0n) is 19.5. The van der Waals surface area contributed by atoms with Crippen molar-refractivity contribution in [2.24, 2.45) is 0 Å². The van der Waals surface area contributed by atoms with Gasteiger partial charge in [0.2, 0.25) is 0 Å². The Hall–Kier alpha value is -1.10. The Labute approximate surface area is 178 Å². The minimum absolute atomic E-state index is 0.344. The van der Waals surface area contributed by atoms with Gasteiger partial charge in [0.15, 0.2) is 0 Å². The van der Waals surface area contributed by atoms with E-state index in [1.165, 1.54) is 11.1 Å². The SMILES string of the molecule is Cc1c(CN2CCNCC2)cc(C#C[Si](C)(C)C)cc1B1OC(C)(C)C(C)(C)O1. The van der Waals surface area contributed by atoms with E-state index in [1.807, 2.05) is 0 Å². The molecule has 0 amide bonds. The van der Waals surface area contributed by atoms with Crippen molar-refractivity contribution >= 4 is 20.7 Å². The molecule has 0 radical (unpaired) electrons. The van der Waals surface area contributed by atoms with Gasteiger partial charge in [-0.25, -0.2) is 0 Å². The predicted molar refractivity (Wildman–Crippen MR) is 125 cm³/mol. The Bertz CT molecular complexity index is 799. The maximum Gasteiger partial charge on any atom is 0.495 e. The second kappa shape index (κ2) is 8.20. The summed E-state index contributed by atoms with van der Waals surface area (Å²) in [6.45, 7) is 22.7. The van der Waals surface area contributed by atoms with Gasteiger partial charge in [0.05, 0.1) is 11.2 Å². The summed E-state index contributed by atoms with van der Waals surface area (Å²) in [5.41, 5.74) is 7.63. The van der Waals surface area contributed by atoms with Gasteiger partial charge < -0.3 is 14.6 Å². The first kappa shape index (κ1) is 22.6. The third-order valence-electron chi connectivity index (χ3n) is 6.25. The van der Waals surface area contributed by atoms with Crippen LogP contribution in [0.2, 0.25) is 19.6 Å². The minimum Gasteiger partial charge on any atom is -0.399 e. The van der Waals surface area contributed by atoms with Crippen LogP contribution in [0, 0.1) is 18.4 Å². The molecule has 2 saturated heterocycles. The first-order valence-electron chi connectivity index (χ1n) is 10.8. The molecule has 158 valence electrons. The average Bonchev–Trinajstić information content (AvgIpc) is 2.83. The quantitative estimate of drug-likeness (QED) is 0.612. The van der Waals surface area contributed by atoms with Crippen LogP contribution in [0.3, 0.4) is 0 Å². The van der Waals surface area contributed by atoms with Gasteiger partial charge in [-0.15, -0.1) is 5.54 Å². The van der Waals surface area contributed by atoms with Crippen LogP contribution in [0.15, 0.2) is 12.1 Å². The summed E-state index contributed by atoms with van der Waals surface area (Å²) in [5.74, 6) is 3.46. The fourth-order valence-electron chi connectivity index (χ4n) is 3.62. The van der Waals surface area contributed by atoms with E-state index in [9.17, 15) is 0 Å². The molecule has 2 heterocycles. The largest absolute Gasteiger partial charge is 0.495 e. The first-order valence-corrected chi connectivity index (χ1v) is 14.3. The predicted octanol–water partition coefficient (Wildman–Crippen LogP) is 2.93. The van der Waals surface area contributed by atoms with Crippen LogP contribution in [0.25, 0.3) is 0 Å². The summed E-state index contributed by atoms with van der Waals surface area (Å²) in [6, 6.07) is 4.46. The molecule has 2 aliphatic heterocycles. The molecule has 1 N–H and O–H groups in total. The topological polar surface area (TPSA) is 33.7 Å². The van der Waals surface area contributed by atoms with Crippen LogP contribution in [0.4, 0.5) is 0 Å². The molecule has 0 spiro atoms. The van der Waals surface area contributed by atoms with Crippen molar-refractivity contribution in [1.82, 2.24) is 10.2 Å². The Morgan fingerprint density at radius 1 is 1.07 bits per heavy atom. The zero-order valence-corrected chi connectivity index (χ0v) is 20.5. The summed E-state index contributed by atoms with van der Waals surface area (Å²) in [6.07, 6.45) is 0. The third-order valence-corrected chi connectivity index (χ3v) is 7.12. The summed E-state index contributed by atoms with van der Waals surface area (Å²) in [4.78, 5) is 2.52. The number of hydrogen-bond donors (Lipinski definition) is 1. The molecule has 1 aromatic rings. The van der Waals surface area contributed by atoms with Crippen LogP contribution in [-0.4, -0.2) is 57.5 Å². The Kier molecular flexibility index (Phi) is 6.39. The van der Waals surface area contributed by atoms with Crippen molar-refractivity contribution in [3.05, 3.63) is 28.8 Å². The standard InChI is InChI=1S/C23H37BN2O2Si/c1-18-20(17-26-12-10-25-11-13-26)15-19(9-14-29(6,7)8)16-21(18)24-27-22(2,3)23(4,5)28-24/h15-16,25H,10-13,17H2,1-8H3. The molecular weight excluding hydrogens is 375 g/mol. The van der Waals surface area contributed by atoms with Gasteiger partial charge in [0.25, 0.3) is 0 Å². The van der Waals surface area contributed by atoms with Crippen LogP contribution < -0.4 is 10.8 Å². The highest BCUT2D eigenvalue weighted by atomic mass is 28.3. The van der Waals surface area contributed by atoms with E-state index >= 15 is 0 Å². The molecule has 4 nitrogen and oxygen atoms in total. The lowest BCUT2D eigenvalue weighted by Crippen LogP contribution is -2.43. The molecule has 6 heteroatoms. The first-order chi connectivity index (χ1) is 13.4. The van der Waals surface area contributed by atoms with Crippen molar-refractivity contribution in [3.63, 3.8) is 0 Å². The Morgan fingerprint density at radius 2 is 1.66 bits per heavy atom. The van der Waals surface area contributed by atoms with E-state index in [0.717, 1.165) is 43.8 Å². The van der Waals surface area contributed by atoms with Crippen LogP contribution in [-0.2, 0) is 15.9 Å². The second-order valence-corrected chi connectivity index (χ2v) is 15.2. The number of piperazine rings is 1. The lowest BCUT2D eigenvalue weighted by Gasteiger charge is -2.32. The van der Waals surface area contributed by atoms with Crippen molar-refractivity contribution in [2.75, 3.05) is 26.2 Å². The van der Waals surface area contributed by atoms with E-state index in [0.29, 0.717) is 0 Å². The van der Waals surface area contributed by atoms with Crippen LogP contribution >= 0.6 is 0 Å². The summed E-state index contributed by atoms with van der Waals surface area (Å²) in [5, 5.41) is 3.44. The van der Waals surface area contributed by atoms with Crippen molar-refractivity contribution in [3.8, 4) is 11.5 Å². The molecule has 0 unspecified atom stereocenters. The van der Waals surface area contributed by atoms with Gasteiger partial charge in [-0.3, -0.25) is 4.90 Å². The van der Waals surface area contributed by atoms with E-state index in [2.05, 4.69) is 88.1 Å². The second-order valence-electron chi connectivity index (χ2n) is 10.5. The molecule has 3 rings (SSSR count). The van der Waals surface area contributed by atoms with E-state index in [-0.39, 0.29) is 18.3 Å². The third kappa shape index (κ3) is 5.34. The van der Waals surface area contributed by atoms with Gasteiger partial charge >= 0.3 is 7.12 Å². The fraction of sp³-hybridized carbons (Fsp3) is 0.652. The van der Waals surface area contributed by atoms with E-state index < -0.39 is 8.07 Å². The number of hydrogen-bond acceptors (Lipinski definition) is 4. The van der Waals surface area contributed by atoms with Gasteiger partial charge in [-0.05, 0) is 63.3 Å². The molecule has 0 bridgehead atoms. The van der Waals surface area contributed by atoms with Crippen molar-refractivity contribution < 1.29 is 9.31 Å². The van der Waals surface area contributed by atoms with Gasteiger partial charge in [-0.1, -0.05) is 25.6 Å². The molecular formula is C23H37BN2O2Si. The van der Waals surface area contributed by atoms with Gasteiger partial charge in [0.1, 0.15) is 8.07 Å². The highest BCUT2D eigenvalue weighted by molar-refractivity contribution is 6.83. The Balaban J connectivity index is 1.99. The van der Waals surface area contributed by atoms with Crippen molar-refractivity contribution in [1.29, 1.82) is 0 Å². The molecule has 1 aromatic carbocycles. The van der Waals surface area contributed by atoms with Crippen LogP contribution in [0.5, 0.6) is 0 Å². The molecule has 0 saturated carbocycles. The smallest absolute Gasteiger partial charge is 0.399 e. The molecule has 0 aromatic heterocycles. The maximum absolute atomic E-state index is 6.39. The normalized spacial score (nSPS) is 21.7. The average molecular weight is 412 g/mol. The fourth-order valence-corrected chi connectivity index (χ4v) is 4.14. The lowest BCUT2D eigenvalue weighted by molar-refractivity contribution is 0.00578. The monoisotopic (exact) mass is 412 g/mol. The van der Waals surface area contributed by atoms with Gasteiger partial charge in [0, 0.05) is 38.3 Å². The molecule has 2 aliphatic rings. The number of nitrogens with one attached hydrogen (secondary N) is 1. The van der Waals surface area contributed by atoms with E-state index in [4.69, 9.17) is 9.31 Å². The maximum atomic E-state index is 6.39. The molecule has 0 atom stereocenters. The summed E-state index contributed by atoms with van der Waals surface area (Å²) in [7, 11) is -1.80. The summed E-state index contributed by atoms with van der Waals surface area (Å²) >= 11 is 0. The lowest BCUT2D eigenvalue weighted by atomic mass is 9.74. The number of rotatable bonds is 3. The molecule has 0 aliphatic carbocycles. The van der Waals surface area contributed by atoms with Crippen LogP contribution in [0.1, 0.15) is 44.4 Å². The zero-order chi connectivity index (χ0) is 21.4. The Morgan fingerprint density at radius 3 is 2.21 bits per heavy atom. The number of nitrogens with zero attached hydrogens (tertiary/aromatic N) is 1. The molecule has 2 fully saturated rings. The van der Waals surface area contributed by atoms with Gasteiger partial charge in [-0.2, -0.15) is 0 Å². The van der Waals surface area contributed by atoms with E-state index in [1.54, 1.807) is 0 Å². The minimum atomic E-state index is -1.45. The highest BCUT2D eigenvalue weighted by Crippen LogP contribution is 2.37. The molecule has 29 heavy (non-hydrogen) atoms. The summed E-state index contributed by atoms with van der Waals surface area (Å²) < 4.78 is 12.8. The highest BCUT2D eigenvalue weighted by Gasteiger charge is 2.52. The number of benzene rings is 1.